The van der Waals surface area contributed by atoms with Crippen LogP contribution in [-0.4, -0.2) is 36.3 Å². The molecular weight excluding hydrogens is 297 g/mol. The molecule has 2 aliphatic rings. The zero-order chi connectivity index (χ0) is 16.6. The first-order valence-corrected chi connectivity index (χ1v) is 8.23. The summed E-state index contributed by atoms with van der Waals surface area (Å²) in [4.78, 5) is 26.1. The third-order valence-electron chi connectivity index (χ3n) is 4.90. The summed E-state index contributed by atoms with van der Waals surface area (Å²) < 4.78 is 19.5. The van der Waals surface area contributed by atoms with Crippen molar-refractivity contribution in [1.29, 1.82) is 0 Å². The SMILES string of the molecule is CC1CCN(C(=O)COc2ccc(F)c3c2C(=O)C[C@H]3C)CC1. The van der Waals surface area contributed by atoms with Crippen molar-refractivity contribution in [2.24, 2.45) is 5.92 Å². The molecule has 0 saturated carbocycles. The average molecular weight is 319 g/mol. The van der Waals surface area contributed by atoms with Gasteiger partial charge in [0.25, 0.3) is 5.91 Å². The van der Waals surface area contributed by atoms with Gasteiger partial charge in [0, 0.05) is 25.1 Å². The number of hydrogen-bond donors (Lipinski definition) is 0. The van der Waals surface area contributed by atoms with Gasteiger partial charge in [0.15, 0.2) is 12.4 Å². The molecule has 4 nitrogen and oxygen atoms in total. The highest BCUT2D eigenvalue weighted by Crippen LogP contribution is 2.39. The van der Waals surface area contributed by atoms with Crippen LogP contribution in [0.3, 0.4) is 0 Å². The molecule has 3 rings (SSSR count). The Morgan fingerprint density at radius 3 is 2.70 bits per heavy atom. The summed E-state index contributed by atoms with van der Waals surface area (Å²) in [6, 6.07) is 2.77. The van der Waals surface area contributed by atoms with Crippen LogP contribution in [0.5, 0.6) is 5.75 Å². The van der Waals surface area contributed by atoms with Crippen molar-refractivity contribution in [2.75, 3.05) is 19.7 Å². The Labute approximate surface area is 135 Å². The highest BCUT2D eigenvalue weighted by Gasteiger charge is 2.32. The van der Waals surface area contributed by atoms with Gasteiger partial charge in [-0.1, -0.05) is 13.8 Å². The molecular formula is C18H22FNO3. The summed E-state index contributed by atoms with van der Waals surface area (Å²) in [5, 5.41) is 0. The van der Waals surface area contributed by atoms with Crippen molar-refractivity contribution in [3.05, 3.63) is 29.1 Å². The Morgan fingerprint density at radius 1 is 1.30 bits per heavy atom. The van der Waals surface area contributed by atoms with Crippen LogP contribution in [0, 0.1) is 11.7 Å². The molecule has 1 aromatic rings. The number of Topliss-reactive ketones (excluding diaryl/α,β-unsaturated/α-hetero) is 1. The van der Waals surface area contributed by atoms with Gasteiger partial charge >= 0.3 is 0 Å². The normalized spacial score (nSPS) is 21.4. The molecule has 5 heteroatoms. The Balaban J connectivity index is 1.70. The average Bonchev–Trinajstić information content (AvgIpc) is 2.83. The third-order valence-corrected chi connectivity index (χ3v) is 4.90. The van der Waals surface area contributed by atoms with Crippen LogP contribution in [-0.2, 0) is 4.79 Å². The standard InChI is InChI=1S/C18H22FNO3/c1-11-5-7-20(8-6-11)16(22)10-23-15-4-3-13(19)17-12(2)9-14(21)18(15)17/h3-4,11-12H,5-10H2,1-2H3/t12-/m1/s1. The van der Waals surface area contributed by atoms with Gasteiger partial charge in [-0.15, -0.1) is 0 Å². The number of fused-ring (bicyclic) bond motifs is 1. The van der Waals surface area contributed by atoms with Crippen LogP contribution in [0.4, 0.5) is 4.39 Å². The first kappa shape index (κ1) is 16.0. The van der Waals surface area contributed by atoms with Gasteiger partial charge in [-0.25, -0.2) is 4.39 Å². The predicted octanol–water partition coefficient (Wildman–Crippen LogP) is 3.15. The van der Waals surface area contributed by atoms with Crippen LogP contribution >= 0.6 is 0 Å². The second-order valence-corrected chi connectivity index (χ2v) is 6.71. The van der Waals surface area contributed by atoms with Gasteiger partial charge in [0.2, 0.25) is 0 Å². The van der Waals surface area contributed by atoms with Crippen molar-refractivity contribution in [3.63, 3.8) is 0 Å². The number of piperidine rings is 1. The number of benzene rings is 1. The maximum atomic E-state index is 13.9. The minimum atomic E-state index is -0.373. The largest absolute Gasteiger partial charge is 0.483 e. The number of carbonyl (C=O) groups is 2. The number of ketones is 1. The zero-order valence-electron chi connectivity index (χ0n) is 13.6. The molecule has 1 aromatic carbocycles. The van der Waals surface area contributed by atoms with E-state index >= 15 is 0 Å². The molecule has 0 spiro atoms. The lowest BCUT2D eigenvalue weighted by molar-refractivity contribution is -0.134. The minimum Gasteiger partial charge on any atom is -0.483 e. The molecule has 1 fully saturated rings. The van der Waals surface area contributed by atoms with E-state index in [0.717, 1.165) is 25.9 Å². The lowest BCUT2D eigenvalue weighted by atomic mass is 9.99. The molecule has 124 valence electrons. The van der Waals surface area contributed by atoms with E-state index in [2.05, 4.69) is 6.92 Å². The highest BCUT2D eigenvalue weighted by molar-refractivity contribution is 6.03. The van der Waals surface area contributed by atoms with E-state index in [1.54, 1.807) is 4.90 Å². The van der Waals surface area contributed by atoms with Crippen LogP contribution in [0.15, 0.2) is 12.1 Å². The van der Waals surface area contributed by atoms with Gasteiger partial charge in [0.1, 0.15) is 11.6 Å². The van der Waals surface area contributed by atoms with E-state index in [0.29, 0.717) is 29.2 Å². The number of likely N-dealkylation sites (tertiary alicyclic amines) is 1. The van der Waals surface area contributed by atoms with Crippen molar-refractivity contribution in [3.8, 4) is 5.75 Å². The predicted molar refractivity (Wildman–Crippen MR) is 84.2 cm³/mol. The Kier molecular flexibility index (Phi) is 4.37. The third kappa shape index (κ3) is 3.09. The number of nitrogens with zero attached hydrogens (tertiary/aromatic N) is 1. The van der Waals surface area contributed by atoms with E-state index in [1.807, 2.05) is 6.92 Å². The van der Waals surface area contributed by atoms with E-state index in [1.165, 1.54) is 12.1 Å². The summed E-state index contributed by atoms with van der Waals surface area (Å²) in [5.74, 6) is 0.283. The molecule has 1 heterocycles. The second-order valence-electron chi connectivity index (χ2n) is 6.71. The Hall–Kier alpha value is -1.91. The number of carbonyl (C=O) groups excluding carboxylic acids is 2. The fourth-order valence-corrected chi connectivity index (χ4v) is 3.43. The van der Waals surface area contributed by atoms with Crippen molar-refractivity contribution < 1.29 is 18.7 Å². The molecule has 1 aliphatic heterocycles. The highest BCUT2D eigenvalue weighted by atomic mass is 19.1. The number of hydrogen-bond acceptors (Lipinski definition) is 3. The van der Waals surface area contributed by atoms with E-state index < -0.39 is 0 Å². The molecule has 0 bridgehead atoms. The second kappa shape index (κ2) is 6.30. The van der Waals surface area contributed by atoms with Gasteiger partial charge < -0.3 is 9.64 Å². The number of halogens is 1. The van der Waals surface area contributed by atoms with E-state index in [4.69, 9.17) is 4.74 Å². The summed E-state index contributed by atoms with van der Waals surface area (Å²) in [7, 11) is 0. The smallest absolute Gasteiger partial charge is 0.260 e. The van der Waals surface area contributed by atoms with E-state index in [-0.39, 0.29) is 30.0 Å². The fourth-order valence-electron chi connectivity index (χ4n) is 3.43. The topological polar surface area (TPSA) is 46.6 Å². The monoisotopic (exact) mass is 319 g/mol. The number of rotatable bonds is 3. The summed E-state index contributed by atoms with van der Waals surface area (Å²) in [6.45, 7) is 5.42. The molecule has 1 atom stereocenters. The molecule has 1 amide bonds. The molecule has 0 radical (unpaired) electrons. The molecule has 0 unspecified atom stereocenters. The number of ether oxygens (including phenoxy) is 1. The maximum absolute atomic E-state index is 13.9. The zero-order valence-corrected chi connectivity index (χ0v) is 13.6. The quantitative estimate of drug-likeness (QED) is 0.860. The summed E-state index contributed by atoms with van der Waals surface area (Å²) in [5.41, 5.74) is 0.740. The first-order valence-electron chi connectivity index (χ1n) is 8.23. The van der Waals surface area contributed by atoms with Gasteiger partial charge in [-0.3, -0.25) is 9.59 Å². The Morgan fingerprint density at radius 2 is 2.00 bits per heavy atom. The van der Waals surface area contributed by atoms with Crippen molar-refractivity contribution in [1.82, 2.24) is 4.90 Å². The molecule has 0 N–H and O–H groups in total. The van der Waals surface area contributed by atoms with E-state index in [9.17, 15) is 14.0 Å². The van der Waals surface area contributed by atoms with Gasteiger partial charge in [-0.2, -0.15) is 0 Å². The van der Waals surface area contributed by atoms with Crippen LogP contribution < -0.4 is 4.74 Å². The number of amides is 1. The first-order chi connectivity index (χ1) is 11.0. The molecule has 0 aromatic heterocycles. The fraction of sp³-hybridized carbons (Fsp3) is 0.556. The van der Waals surface area contributed by atoms with Crippen LogP contribution in [0.2, 0.25) is 0 Å². The summed E-state index contributed by atoms with van der Waals surface area (Å²) in [6.07, 6.45) is 2.31. The Bertz CT molecular complexity index is 635. The van der Waals surface area contributed by atoms with Crippen molar-refractivity contribution >= 4 is 11.7 Å². The summed E-state index contributed by atoms with van der Waals surface area (Å²) >= 11 is 0. The van der Waals surface area contributed by atoms with Gasteiger partial charge in [-0.05, 0) is 36.8 Å². The molecule has 1 saturated heterocycles. The van der Waals surface area contributed by atoms with Crippen molar-refractivity contribution in [2.45, 2.75) is 39.0 Å². The minimum absolute atomic E-state index is 0.0755. The molecule has 23 heavy (non-hydrogen) atoms. The van der Waals surface area contributed by atoms with Gasteiger partial charge in [0.05, 0.1) is 5.56 Å². The lowest BCUT2D eigenvalue weighted by Gasteiger charge is -2.30. The van der Waals surface area contributed by atoms with Crippen LogP contribution in [0.1, 0.15) is 54.9 Å². The lowest BCUT2D eigenvalue weighted by Crippen LogP contribution is -2.40. The maximum Gasteiger partial charge on any atom is 0.260 e. The van der Waals surface area contributed by atoms with Crippen LogP contribution in [0.25, 0.3) is 0 Å². The molecule has 1 aliphatic carbocycles.